The second-order valence-corrected chi connectivity index (χ2v) is 6.26. The molecule has 0 unspecified atom stereocenters. The van der Waals surface area contributed by atoms with E-state index in [1.807, 2.05) is 6.92 Å². The minimum absolute atomic E-state index is 0.0508. The number of hydrogen-bond donors (Lipinski definition) is 2. The van der Waals surface area contributed by atoms with Crippen LogP contribution in [0.15, 0.2) is 73.1 Å². The minimum Gasteiger partial charge on any atom is -0.362 e. The molecule has 2 nitrogen and oxygen atoms in total. The molecule has 2 aromatic carbocycles. The van der Waals surface area contributed by atoms with E-state index in [1.54, 1.807) is 0 Å². The average Bonchev–Trinajstić information content (AvgIpc) is 2.49. The van der Waals surface area contributed by atoms with Gasteiger partial charge >= 0.3 is 0 Å². The summed E-state index contributed by atoms with van der Waals surface area (Å²) >= 11 is 0. The Hall–Kier alpha value is -2.32. The molecule has 2 heteroatoms. The molecule has 0 bridgehead atoms. The predicted octanol–water partition coefficient (Wildman–Crippen LogP) is 4.40. The lowest BCUT2D eigenvalue weighted by atomic mass is 9.83. The van der Waals surface area contributed by atoms with Crippen LogP contribution in [0, 0.1) is 13.8 Å². The Bertz CT molecular complexity index is 698. The molecule has 2 aromatic rings. The van der Waals surface area contributed by atoms with Crippen LogP contribution in [-0.4, -0.2) is 6.04 Å². The smallest absolute Gasteiger partial charge is 0.0552 e. The molecule has 120 valence electrons. The highest BCUT2D eigenvalue weighted by atomic mass is 14.9. The van der Waals surface area contributed by atoms with Gasteiger partial charge < -0.3 is 11.1 Å². The first-order chi connectivity index (χ1) is 10.9. The fourth-order valence-corrected chi connectivity index (χ4v) is 2.80. The molecule has 0 aliphatic carbocycles. The Balaban J connectivity index is 2.44. The third kappa shape index (κ3) is 4.33. The predicted molar refractivity (Wildman–Crippen MR) is 99.3 cm³/mol. The van der Waals surface area contributed by atoms with Gasteiger partial charge in [0.25, 0.3) is 0 Å². The second kappa shape index (κ2) is 7.30. The summed E-state index contributed by atoms with van der Waals surface area (Å²) in [5, 5.41) is 3.17. The van der Waals surface area contributed by atoms with Crippen LogP contribution in [0.4, 0.5) is 0 Å². The summed E-state index contributed by atoms with van der Waals surface area (Å²) < 4.78 is 0. The van der Waals surface area contributed by atoms with E-state index in [0.29, 0.717) is 0 Å². The van der Waals surface area contributed by atoms with Gasteiger partial charge in [-0.05, 0) is 31.9 Å². The fourth-order valence-electron chi connectivity index (χ4n) is 2.80. The van der Waals surface area contributed by atoms with Crippen LogP contribution < -0.4 is 11.1 Å². The summed E-state index contributed by atoms with van der Waals surface area (Å²) in [7, 11) is 0. The van der Waals surface area contributed by atoms with Crippen LogP contribution in [0.1, 0.15) is 35.1 Å². The van der Waals surface area contributed by atoms with Crippen molar-refractivity contribution in [1.82, 2.24) is 5.32 Å². The molecule has 0 aromatic heterocycles. The van der Waals surface area contributed by atoms with Crippen LogP contribution >= 0.6 is 0 Å². The molecule has 3 N–H and O–H groups in total. The quantitative estimate of drug-likeness (QED) is 0.830. The Labute approximate surface area is 139 Å². The molecule has 0 aliphatic rings. The largest absolute Gasteiger partial charge is 0.362 e. The number of nitrogens with two attached hydrogens (primary N) is 1. The van der Waals surface area contributed by atoms with Gasteiger partial charge in [0, 0.05) is 17.3 Å². The Morgan fingerprint density at radius 3 is 2.17 bits per heavy atom. The van der Waals surface area contributed by atoms with Gasteiger partial charge in [-0.1, -0.05) is 72.8 Å². The van der Waals surface area contributed by atoms with Crippen LogP contribution in [0.25, 0.3) is 0 Å². The van der Waals surface area contributed by atoms with Crippen molar-refractivity contribution in [3.63, 3.8) is 0 Å². The minimum atomic E-state index is -0.240. The van der Waals surface area contributed by atoms with Crippen molar-refractivity contribution in [3.8, 4) is 0 Å². The molecule has 2 rings (SSSR count). The van der Waals surface area contributed by atoms with E-state index in [1.165, 1.54) is 22.3 Å². The van der Waals surface area contributed by atoms with E-state index in [0.717, 1.165) is 11.4 Å². The van der Waals surface area contributed by atoms with Gasteiger partial charge in [0.1, 0.15) is 0 Å². The Kier molecular flexibility index (Phi) is 5.41. The molecule has 0 fully saturated rings. The maximum absolute atomic E-state index is 6.56. The average molecular weight is 306 g/mol. The first-order valence-corrected chi connectivity index (χ1v) is 7.88. The van der Waals surface area contributed by atoms with Gasteiger partial charge in [-0.2, -0.15) is 0 Å². The summed E-state index contributed by atoms with van der Waals surface area (Å²) in [5.41, 5.74) is 13.0. The van der Waals surface area contributed by atoms with Gasteiger partial charge in [-0.25, -0.2) is 0 Å². The third-order valence-electron chi connectivity index (χ3n) is 3.97. The lowest BCUT2D eigenvalue weighted by Gasteiger charge is -2.28. The zero-order valence-corrected chi connectivity index (χ0v) is 14.3. The van der Waals surface area contributed by atoms with Crippen molar-refractivity contribution in [2.24, 2.45) is 5.73 Å². The highest BCUT2D eigenvalue weighted by Gasteiger charge is 2.24. The van der Waals surface area contributed by atoms with Crippen LogP contribution in [0.2, 0.25) is 0 Å². The first kappa shape index (κ1) is 17.0. The summed E-state index contributed by atoms with van der Waals surface area (Å²) in [4.78, 5) is 0. The molecule has 0 radical (unpaired) electrons. The van der Waals surface area contributed by atoms with Crippen LogP contribution in [0.3, 0.4) is 0 Å². The molecule has 23 heavy (non-hydrogen) atoms. The van der Waals surface area contributed by atoms with Crippen LogP contribution in [0.5, 0.6) is 0 Å². The van der Waals surface area contributed by atoms with E-state index < -0.39 is 0 Å². The number of aryl methyl sites for hydroxylation is 2. The molecule has 0 heterocycles. The standard InChI is InChI=1S/C21H26N2/c1-14(2)23-17(5)21(22)20(18-11-9-15(3)10-12-18)19-8-6-7-16(4)13-19/h6-13,20-21,23H,1,5,22H2,2-4H3/t20-,21+/m0/s1. The number of allylic oxidation sites excluding steroid dienone is 1. The van der Waals surface area contributed by atoms with Crippen molar-refractivity contribution in [1.29, 1.82) is 0 Å². The molecular formula is C21H26N2. The molecule has 0 amide bonds. The normalized spacial score (nSPS) is 13.2. The monoisotopic (exact) mass is 306 g/mol. The van der Waals surface area contributed by atoms with Crippen molar-refractivity contribution < 1.29 is 0 Å². The molecule has 0 saturated heterocycles. The number of rotatable bonds is 6. The van der Waals surface area contributed by atoms with Crippen molar-refractivity contribution >= 4 is 0 Å². The van der Waals surface area contributed by atoms with Gasteiger partial charge in [0.2, 0.25) is 0 Å². The maximum atomic E-state index is 6.56. The molecule has 0 aliphatic heterocycles. The van der Waals surface area contributed by atoms with Gasteiger partial charge in [0.15, 0.2) is 0 Å². The Morgan fingerprint density at radius 1 is 0.957 bits per heavy atom. The molecule has 2 atom stereocenters. The SMILES string of the molecule is C=C(C)NC(=C)[C@@H](N)[C@@H](c1ccc(C)cc1)c1cccc(C)c1. The van der Waals surface area contributed by atoms with E-state index in [-0.39, 0.29) is 12.0 Å². The summed E-state index contributed by atoms with van der Waals surface area (Å²) in [6.07, 6.45) is 0. The zero-order chi connectivity index (χ0) is 17.0. The highest BCUT2D eigenvalue weighted by Crippen LogP contribution is 2.30. The van der Waals surface area contributed by atoms with Crippen molar-refractivity contribution in [2.45, 2.75) is 32.7 Å². The number of benzene rings is 2. The van der Waals surface area contributed by atoms with Crippen molar-refractivity contribution in [3.05, 3.63) is 95.3 Å². The first-order valence-electron chi connectivity index (χ1n) is 7.88. The van der Waals surface area contributed by atoms with E-state index >= 15 is 0 Å². The van der Waals surface area contributed by atoms with E-state index in [9.17, 15) is 0 Å². The molecule has 0 spiro atoms. The van der Waals surface area contributed by atoms with Crippen molar-refractivity contribution in [2.75, 3.05) is 0 Å². The summed E-state index contributed by atoms with van der Waals surface area (Å²) in [5.74, 6) is 0.0508. The Morgan fingerprint density at radius 2 is 1.61 bits per heavy atom. The second-order valence-electron chi connectivity index (χ2n) is 6.26. The topological polar surface area (TPSA) is 38.0 Å². The highest BCUT2D eigenvalue weighted by molar-refractivity contribution is 5.39. The summed E-state index contributed by atoms with van der Waals surface area (Å²) in [6, 6.07) is 16.8. The van der Waals surface area contributed by atoms with Gasteiger partial charge in [-0.15, -0.1) is 0 Å². The lowest BCUT2D eigenvalue weighted by molar-refractivity contribution is 0.635. The fraction of sp³-hybridized carbons (Fsp3) is 0.238. The maximum Gasteiger partial charge on any atom is 0.0552 e. The van der Waals surface area contributed by atoms with Crippen LogP contribution in [-0.2, 0) is 0 Å². The lowest BCUT2D eigenvalue weighted by Crippen LogP contribution is -2.36. The molecule has 0 saturated carbocycles. The third-order valence-corrected chi connectivity index (χ3v) is 3.97. The van der Waals surface area contributed by atoms with E-state index in [4.69, 9.17) is 5.73 Å². The summed E-state index contributed by atoms with van der Waals surface area (Å²) in [6.45, 7) is 14.1. The van der Waals surface area contributed by atoms with E-state index in [2.05, 4.69) is 80.9 Å². The number of hydrogen-bond acceptors (Lipinski definition) is 2. The molecular weight excluding hydrogens is 280 g/mol. The number of nitrogens with one attached hydrogen (secondary N) is 1. The van der Waals surface area contributed by atoms with Gasteiger partial charge in [0.05, 0.1) is 6.04 Å². The van der Waals surface area contributed by atoms with Gasteiger partial charge in [-0.3, -0.25) is 0 Å². The zero-order valence-electron chi connectivity index (χ0n) is 14.3.